The van der Waals surface area contributed by atoms with Crippen LogP contribution in [-0.4, -0.2) is 13.7 Å². The lowest BCUT2D eigenvalue weighted by Gasteiger charge is -2.02. The van der Waals surface area contributed by atoms with Crippen molar-refractivity contribution < 1.29 is 9.47 Å². The molecular weight excluding hydrogens is 236 g/mol. The Labute approximate surface area is 114 Å². The number of benzene rings is 2. The summed E-state index contributed by atoms with van der Waals surface area (Å²) in [6.45, 7) is 2.68. The van der Waals surface area contributed by atoms with Gasteiger partial charge in [0.2, 0.25) is 0 Å². The zero-order chi connectivity index (χ0) is 13.5. The molecule has 98 valence electrons. The highest BCUT2D eigenvalue weighted by Gasteiger charge is 1.93. The van der Waals surface area contributed by atoms with E-state index >= 15 is 0 Å². The molecular formula is C17H18O2. The molecule has 2 aromatic rings. The summed E-state index contributed by atoms with van der Waals surface area (Å²) >= 11 is 0. The van der Waals surface area contributed by atoms with Crippen LogP contribution in [0.5, 0.6) is 11.5 Å². The summed E-state index contributed by atoms with van der Waals surface area (Å²) in [7, 11) is 1.67. The second-order valence-electron chi connectivity index (χ2n) is 4.11. The molecule has 2 nitrogen and oxygen atoms in total. The van der Waals surface area contributed by atoms with Crippen LogP contribution in [0.15, 0.2) is 48.5 Å². The number of methoxy groups -OCH3 is 1. The summed E-state index contributed by atoms with van der Waals surface area (Å²) < 4.78 is 10.5. The molecule has 0 atom stereocenters. The van der Waals surface area contributed by atoms with E-state index in [9.17, 15) is 0 Å². The van der Waals surface area contributed by atoms with Gasteiger partial charge in [0.25, 0.3) is 0 Å². The quantitative estimate of drug-likeness (QED) is 0.742. The summed E-state index contributed by atoms with van der Waals surface area (Å²) in [5, 5.41) is 0. The van der Waals surface area contributed by atoms with Crippen molar-refractivity contribution in [3.05, 3.63) is 59.7 Å². The van der Waals surface area contributed by atoms with Crippen molar-refractivity contribution in [3.8, 4) is 11.5 Å². The van der Waals surface area contributed by atoms with Gasteiger partial charge in [-0.2, -0.15) is 0 Å². The first-order chi connectivity index (χ1) is 9.31. The first-order valence-electron chi connectivity index (χ1n) is 6.37. The van der Waals surface area contributed by atoms with E-state index in [1.807, 2.05) is 55.5 Å². The maximum absolute atomic E-state index is 5.41. The topological polar surface area (TPSA) is 18.5 Å². The van der Waals surface area contributed by atoms with Gasteiger partial charge >= 0.3 is 0 Å². The smallest absolute Gasteiger partial charge is 0.119 e. The Morgan fingerprint density at radius 1 is 0.789 bits per heavy atom. The molecule has 0 unspecified atom stereocenters. The molecule has 2 heteroatoms. The average molecular weight is 254 g/mol. The van der Waals surface area contributed by atoms with Gasteiger partial charge in [-0.3, -0.25) is 0 Å². The molecule has 0 N–H and O–H groups in total. The SMILES string of the molecule is CCOc1ccc(/C=C/c2ccc(OC)cc2)cc1. The minimum Gasteiger partial charge on any atom is -0.497 e. The molecule has 0 heterocycles. The van der Waals surface area contributed by atoms with Gasteiger partial charge < -0.3 is 9.47 Å². The molecule has 0 aliphatic heterocycles. The van der Waals surface area contributed by atoms with Gasteiger partial charge in [-0.1, -0.05) is 36.4 Å². The summed E-state index contributed by atoms with van der Waals surface area (Å²) in [5.41, 5.74) is 2.30. The molecule has 0 radical (unpaired) electrons. The van der Waals surface area contributed by atoms with Crippen molar-refractivity contribution in [1.82, 2.24) is 0 Å². The van der Waals surface area contributed by atoms with Gasteiger partial charge in [0, 0.05) is 0 Å². The average Bonchev–Trinajstić information content (AvgIpc) is 2.47. The maximum atomic E-state index is 5.41. The van der Waals surface area contributed by atoms with Crippen LogP contribution in [0.2, 0.25) is 0 Å². The van der Waals surface area contributed by atoms with E-state index in [1.54, 1.807) is 7.11 Å². The van der Waals surface area contributed by atoms with Gasteiger partial charge in [-0.15, -0.1) is 0 Å². The van der Waals surface area contributed by atoms with E-state index in [4.69, 9.17) is 9.47 Å². The van der Waals surface area contributed by atoms with Gasteiger partial charge in [0.15, 0.2) is 0 Å². The monoisotopic (exact) mass is 254 g/mol. The van der Waals surface area contributed by atoms with E-state index in [2.05, 4.69) is 12.2 Å². The van der Waals surface area contributed by atoms with Crippen LogP contribution in [0.3, 0.4) is 0 Å². The molecule has 19 heavy (non-hydrogen) atoms. The molecule has 0 saturated carbocycles. The summed E-state index contributed by atoms with van der Waals surface area (Å²) in [6.07, 6.45) is 4.16. The van der Waals surface area contributed by atoms with Gasteiger partial charge in [0.05, 0.1) is 13.7 Å². The molecule has 0 aliphatic rings. The number of hydrogen-bond acceptors (Lipinski definition) is 2. The van der Waals surface area contributed by atoms with E-state index in [0.717, 1.165) is 22.6 Å². The Hall–Kier alpha value is -2.22. The Bertz CT molecular complexity index is 524. The van der Waals surface area contributed by atoms with Crippen molar-refractivity contribution >= 4 is 12.2 Å². The molecule has 0 saturated heterocycles. The van der Waals surface area contributed by atoms with E-state index in [1.165, 1.54) is 0 Å². The lowest BCUT2D eigenvalue weighted by molar-refractivity contribution is 0.340. The predicted octanol–water partition coefficient (Wildman–Crippen LogP) is 4.26. The second-order valence-corrected chi connectivity index (χ2v) is 4.11. The van der Waals surface area contributed by atoms with E-state index < -0.39 is 0 Å². The molecule has 0 aliphatic carbocycles. The first-order valence-corrected chi connectivity index (χ1v) is 6.37. The maximum Gasteiger partial charge on any atom is 0.119 e. The summed E-state index contributed by atoms with van der Waals surface area (Å²) in [6, 6.07) is 16.0. The summed E-state index contributed by atoms with van der Waals surface area (Å²) in [4.78, 5) is 0. The first kappa shape index (κ1) is 13.2. The fourth-order valence-corrected chi connectivity index (χ4v) is 1.75. The van der Waals surface area contributed by atoms with Crippen LogP contribution in [0, 0.1) is 0 Å². The highest BCUT2D eigenvalue weighted by molar-refractivity contribution is 5.70. The third-order valence-electron chi connectivity index (χ3n) is 2.78. The largest absolute Gasteiger partial charge is 0.497 e. The Morgan fingerprint density at radius 2 is 1.26 bits per heavy atom. The molecule has 2 rings (SSSR count). The normalized spacial score (nSPS) is 10.6. The fourth-order valence-electron chi connectivity index (χ4n) is 1.75. The number of rotatable bonds is 5. The van der Waals surface area contributed by atoms with Gasteiger partial charge in [0.1, 0.15) is 11.5 Å². The Kier molecular flexibility index (Phi) is 4.62. The summed E-state index contributed by atoms with van der Waals surface area (Å²) in [5.74, 6) is 1.78. The second kappa shape index (κ2) is 6.64. The van der Waals surface area contributed by atoms with Crippen molar-refractivity contribution in [2.75, 3.05) is 13.7 Å². The molecule has 0 spiro atoms. The standard InChI is InChI=1S/C17H18O2/c1-3-19-17-12-8-15(9-13-17)5-4-14-6-10-16(18-2)11-7-14/h4-13H,3H2,1-2H3/b5-4+. The number of ether oxygens (including phenoxy) is 2. The minimum absolute atomic E-state index is 0.695. The molecule has 0 aromatic heterocycles. The van der Waals surface area contributed by atoms with Crippen molar-refractivity contribution in [1.29, 1.82) is 0 Å². The van der Waals surface area contributed by atoms with Crippen LogP contribution in [-0.2, 0) is 0 Å². The Morgan fingerprint density at radius 3 is 1.68 bits per heavy atom. The zero-order valence-electron chi connectivity index (χ0n) is 11.3. The fraction of sp³-hybridized carbons (Fsp3) is 0.176. The lowest BCUT2D eigenvalue weighted by atomic mass is 10.1. The van der Waals surface area contributed by atoms with Gasteiger partial charge in [-0.05, 0) is 42.3 Å². The van der Waals surface area contributed by atoms with Crippen molar-refractivity contribution in [2.24, 2.45) is 0 Å². The third-order valence-corrected chi connectivity index (χ3v) is 2.78. The van der Waals surface area contributed by atoms with E-state index in [0.29, 0.717) is 6.61 Å². The van der Waals surface area contributed by atoms with Gasteiger partial charge in [-0.25, -0.2) is 0 Å². The Balaban J connectivity index is 2.04. The van der Waals surface area contributed by atoms with Crippen LogP contribution in [0.1, 0.15) is 18.1 Å². The zero-order valence-corrected chi connectivity index (χ0v) is 11.3. The molecule has 2 aromatic carbocycles. The third kappa shape index (κ3) is 3.88. The molecule has 0 fully saturated rings. The number of hydrogen-bond donors (Lipinski definition) is 0. The van der Waals surface area contributed by atoms with Crippen LogP contribution in [0.4, 0.5) is 0 Å². The van der Waals surface area contributed by atoms with Crippen LogP contribution >= 0.6 is 0 Å². The molecule has 0 amide bonds. The highest BCUT2D eigenvalue weighted by Crippen LogP contribution is 2.16. The van der Waals surface area contributed by atoms with E-state index in [-0.39, 0.29) is 0 Å². The molecule has 0 bridgehead atoms. The van der Waals surface area contributed by atoms with Crippen molar-refractivity contribution in [2.45, 2.75) is 6.92 Å². The lowest BCUT2D eigenvalue weighted by Crippen LogP contribution is -1.90. The highest BCUT2D eigenvalue weighted by atomic mass is 16.5. The van der Waals surface area contributed by atoms with Crippen LogP contribution in [0.25, 0.3) is 12.2 Å². The van der Waals surface area contributed by atoms with Crippen LogP contribution < -0.4 is 9.47 Å². The minimum atomic E-state index is 0.695. The van der Waals surface area contributed by atoms with Crippen molar-refractivity contribution in [3.63, 3.8) is 0 Å². The predicted molar refractivity (Wildman–Crippen MR) is 79.5 cm³/mol.